The molecule has 6 heteroatoms. The molecule has 2 aromatic rings. The van der Waals surface area contributed by atoms with Crippen molar-refractivity contribution in [1.82, 2.24) is 0 Å². The van der Waals surface area contributed by atoms with Gasteiger partial charge in [-0.1, -0.05) is 17.7 Å². The Hall–Kier alpha value is -3.67. The molecule has 0 aliphatic carbocycles. The van der Waals surface area contributed by atoms with E-state index in [0.29, 0.717) is 34.1 Å². The smallest absolute Gasteiger partial charge is 0.203 e. The Labute approximate surface area is 201 Å². The number of carbonyl (C=O) groups excluding carboxylic acids is 1. The zero-order chi connectivity index (χ0) is 24.9. The number of hydrogen-bond acceptors (Lipinski definition) is 6. The van der Waals surface area contributed by atoms with Crippen molar-refractivity contribution in [3.63, 3.8) is 0 Å². The van der Waals surface area contributed by atoms with E-state index < -0.39 is 5.60 Å². The van der Waals surface area contributed by atoms with Crippen LogP contribution >= 0.6 is 0 Å². The summed E-state index contributed by atoms with van der Waals surface area (Å²) in [7, 11) is 4.59. The number of methoxy groups -OCH3 is 3. The summed E-state index contributed by atoms with van der Waals surface area (Å²) < 4.78 is 22.2. The molecule has 1 heterocycles. The Morgan fingerprint density at radius 3 is 2.35 bits per heavy atom. The van der Waals surface area contributed by atoms with Crippen LogP contribution in [0, 0.1) is 0 Å². The number of ether oxygens (including phenoxy) is 4. The number of aromatic hydroxyl groups is 1. The van der Waals surface area contributed by atoms with Crippen molar-refractivity contribution in [2.75, 3.05) is 21.3 Å². The maximum absolute atomic E-state index is 12.9. The summed E-state index contributed by atoms with van der Waals surface area (Å²) in [5.74, 6) is 1.57. The zero-order valence-corrected chi connectivity index (χ0v) is 20.6. The number of fused-ring (bicyclic) bond motifs is 1. The second-order valence-corrected chi connectivity index (χ2v) is 8.60. The third-order valence-electron chi connectivity index (χ3n) is 5.70. The molecule has 180 valence electrons. The van der Waals surface area contributed by atoms with Gasteiger partial charge in [0.05, 0.1) is 32.5 Å². The van der Waals surface area contributed by atoms with E-state index in [1.807, 2.05) is 19.1 Å². The standard InChI is InChI=1S/C28H32O6/c1-18(2)8-7-14-28(3)15-13-21-23(34-28)12-10-20(26(21)30)22(29)11-9-19-16-24(31-4)27(33-6)25(17-19)32-5/h8-13,15-17,30H,7,14H2,1-6H3/b11-9+. The van der Waals surface area contributed by atoms with Gasteiger partial charge in [-0.3, -0.25) is 4.79 Å². The van der Waals surface area contributed by atoms with Crippen LogP contribution < -0.4 is 18.9 Å². The summed E-state index contributed by atoms with van der Waals surface area (Å²) in [5.41, 5.74) is 2.19. The quantitative estimate of drug-likeness (QED) is 0.270. The molecule has 3 rings (SSSR count). The number of carbonyl (C=O) groups is 1. The molecule has 0 bridgehead atoms. The van der Waals surface area contributed by atoms with Crippen LogP contribution in [0.25, 0.3) is 12.2 Å². The van der Waals surface area contributed by atoms with Crippen molar-refractivity contribution in [3.05, 3.63) is 64.8 Å². The van der Waals surface area contributed by atoms with Gasteiger partial charge in [0.1, 0.15) is 17.1 Å². The number of hydrogen-bond donors (Lipinski definition) is 1. The highest BCUT2D eigenvalue weighted by Crippen LogP contribution is 2.41. The lowest BCUT2D eigenvalue weighted by molar-refractivity contribution is 0.104. The zero-order valence-electron chi connectivity index (χ0n) is 20.6. The molecule has 1 unspecified atom stereocenters. The Bertz CT molecular complexity index is 1130. The molecular formula is C28H32O6. The Morgan fingerprint density at radius 1 is 1.09 bits per heavy atom. The molecule has 1 aliphatic rings. The summed E-state index contributed by atoms with van der Waals surface area (Å²) >= 11 is 0. The summed E-state index contributed by atoms with van der Waals surface area (Å²) in [6.07, 6.45) is 10.7. The molecule has 0 saturated heterocycles. The highest BCUT2D eigenvalue weighted by Gasteiger charge is 2.29. The fourth-order valence-electron chi connectivity index (χ4n) is 3.82. The van der Waals surface area contributed by atoms with E-state index in [9.17, 15) is 9.90 Å². The topological polar surface area (TPSA) is 74.2 Å². The Kier molecular flexibility index (Phi) is 7.72. The van der Waals surface area contributed by atoms with Gasteiger partial charge in [-0.15, -0.1) is 0 Å². The van der Waals surface area contributed by atoms with Crippen LogP contribution in [0.3, 0.4) is 0 Å². The predicted octanol–water partition coefficient (Wildman–Crippen LogP) is 6.22. The van der Waals surface area contributed by atoms with E-state index >= 15 is 0 Å². The first-order valence-electron chi connectivity index (χ1n) is 11.1. The van der Waals surface area contributed by atoms with E-state index in [-0.39, 0.29) is 17.1 Å². The van der Waals surface area contributed by atoms with Crippen LogP contribution in [-0.4, -0.2) is 37.8 Å². The highest BCUT2D eigenvalue weighted by atomic mass is 16.5. The minimum absolute atomic E-state index is 0.0976. The molecule has 1 aliphatic heterocycles. The molecule has 1 N–H and O–H groups in total. The monoisotopic (exact) mass is 464 g/mol. The first-order chi connectivity index (χ1) is 16.2. The molecule has 0 amide bonds. The fraction of sp³-hybridized carbons (Fsp3) is 0.321. The van der Waals surface area contributed by atoms with Crippen molar-refractivity contribution >= 4 is 17.9 Å². The van der Waals surface area contributed by atoms with E-state index in [4.69, 9.17) is 18.9 Å². The van der Waals surface area contributed by atoms with Gasteiger partial charge in [0.2, 0.25) is 5.75 Å². The molecule has 0 fully saturated rings. The van der Waals surface area contributed by atoms with Crippen LogP contribution in [0.2, 0.25) is 0 Å². The van der Waals surface area contributed by atoms with Gasteiger partial charge in [-0.25, -0.2) is 0 Å². The molecule has 0 spiro atoms. The summed E-state index contributed by atoms with van der Waals surface area (Å²) in [6, 6.07) is 6.80. The molecule has 34 heavy (non-hydrogen) atoms. The van der Waals surface area contributed by atoms with Crippen LogP contribution in [-0.2, 0) is 0 Å². The van der Waals surface area contributed by atoms with Gasteiger partial charge < -0.3 is 24.1 Å². The number of phenols is 1. The fourth-order valence-corrected chi connectivity index (χ4v) is 3.82. The average Bonchev–Trinajstić information content (AvgIpc) is 2.81. The number of rotatable bonds is 9. The van der Waals surface area contributed by atoms with E-state index in [1.165, 1.54) is 33.0 Å². The molecule has 2 aromatic carbocycles. The second kappa shape index (κ2) is 10.5. The van der Waals surface area contributed by atoms with Gasteiger partial charge in [0.15, 0.2) is 17.3 Å². The molecule has 6 nitrogen and oxygen atoms in total. The lowest BCUT2D eigenvalue weighted by Crippen LogP contribution is -2.31. The molecule has 0 radical (unpaired) electrons. The second-order valence-electron chi connectivity index (χ2n) is 8.60. The molecule has 1 atom stereocenters. The summed E-state index contributed by atoms with van der Waals surface area (Å²) in [6.45, 7) is 6.16. The molecule has 0 saturated carbocycles. The maximum Gasteiger partial charge on any atom is 0.203 e. The Balaban J connectivity index is 1.83. The van der Waals surface area contributed by atoms with Gasteiger partial charge >= 0.3 is 0 Å². The van der Waals surface area contributed by atoms with E-state index in [0.717, 1.165) is 12.8 Å². The van der Waals surface area contributed by atoms with Crippen molar-refractivity contribution in [3.8, 4) is 28.7 Å². The molecular weight excluding hydrogens is 432 g/mol. The van der Waals surface area contributed by atoms with Gasteiger partial charge in [-0.05, 0) is 81.7 Å². The van der Waals surface area contributed by atoms with Crippen molar-refractivity contribution in [2.24, 2.45) is 0 Å². The number of phenolic OH excluding ortho intramolecular Hbond substituents is 1. The van der Waals surface area contributed by atoms with E-state index in [1.54, 1.807) is 30.3 Å². The number of allylic oxidation sites excluding steroid dienone is 3. The first-order valence-corrected chi connectivity index (χ1v) is 11.1. The van der Waals surface area contributed by atoms with Gasteiger partial charge in [0, 0.05) is 0 Å². The maximum atomic E-state index is 12.9. The van der Waals surface area contributed by atoms with Crippen LogP contribution in [0.1, 0.15) is 55.1 Å². The predicted molar refractivity (Wildman–Crippen MR) is 134 cm³/mol. The highest BCUT2D eigenvalue weighted by molar-refractivity contribution is 6.09. The summed E-state index contributed by atoms with van der Waals surface area (Å²) in [5, 5.41) is 10.8. The lowest BCUT2D eigenvalue weighted by atomic mass is 9.93. The third kappa shape index (κ3) is 5.45. The van der Waals surface area contributed by atoms with Crippen LogP contribution in [0.15, 0.2) is 48.1 Å². The van der Waals surface area contributed by atoms with Gasteiger partial charge in [0.25, 0.3) is 0 Å². The average molecular weight is 465 g/mol. The third-order valence-corrected chi connectivity index (χ3v) is 5.70. The van der Waals surface area contributed by atoms with Crippen LogP contribution in [0.5, 0.6) is 28.7 Å². The largest absolute Gasteiger partial charge is 0.506 e. The van der Waals surface area contributed by atoms with Crippen molar-refractivity contribution in [2.45, 2.75) is 39.2 Å². The van der Waals surface area contributed by atoms with Crippen LogP contribution in [0.4, 0.5) is 0 Å². The number of ketones is 1. The first kappa shape index (κ1) is 25.0. The minimum Gasteiger partial charge on any atom is -0.506 e. The van der Waals surface area contributed by atoms with E-state index in [2.05, 4.69) is 19.9 Å². The summed E-state index contributed by atoms with van der Waals surface area (Å²) in [4.78, 5) is 12.9. The van der Waals surface area contributed by atoms with Crippen molar-refractivity contribution < 1.29 is 28.8 Å². The Morgan fingerprint density at radius 2 is 1.76 bits per heavy atom. The normalized spacial score (nSPS) is 16.5. The molecule has 0 aromatic heterocycles. The van der Waals surface area contributed by atoms with Crippen molar-refractivity contribution in [1.29, 1.82) is 0 Å². The number of benzene rings is 2. The van der Waals surface area contributed by atoms with Gasteiger partial charge in [-0.2, -0.15) is 0 Å². The lowest BCUT2D eigenvalue weighted by Gasteiger charge is -2.32. The minimum atomic E-state index is -0.469. The SMILES string of the molecule is COc1cc(/C=C/C(=O)c2ccc3c(c2O)C=CC(C)(CCC=C(C)C)O3)cc(OC)c1OC.